The highest BCUT2D eigenvalue weighted by atomic mass is 32.2. The van der Waals surface area contributed by atoms with Gasteiger partial charge in [-0.15, -0.1) is 0 Å². The zero-order valence-electron chi connectivity index (χ0n) is 17.0. The summed E-state index contributed by atoms with van der Waals surface area (Å²) in [5, 5.41) is 1.98. The lowest BCUT2D eigenvalue weighted by Crippen LogP contribution is -2.45. The van der Waals surface area contributed by atoms with Gasteiger partial charge in [0.15, 0.2) is 0 Å². The van der Waals surface area contributed by atoms with Crippen molar-refractivity contribution in [2.24, 2.45) is 4.99 Å². The highest BCUT2D eigenvalue weighted by Gasteiger charge is 2.22. The second kappa shape index (κ2) is 8.65. The van der Waals surface area contributed by atoms with Gasteiger partial charge in [-0.1, -0.05) is 48.5 Å². The molecule has 1 N–H and O–H groups in total. The van der Waals surface area contributed by atoms with E-state index in [9.17, 15) is 9.18 Å². The van der Waals surface area contributed by atoms with Crippen LogP contribution in [0.3, 0.4) is 0 Å². The summed E-state index contributed by atoms with van der Waals surface area (Å²) in [6, 6.07) is 20.1. The molecule has 2 aliphatic rings. The molecule has 0 saturated carbocycles. The number of halogens is 1. The van der Waals surface area contributed by atoms with Crippen LogP contribution in [-0.4, -0.2) is 29.7 Å². The van der Waals surface area contributed by atoms with E-state index in [1.54, 1.807) is 30.0 Å². The third kappa shape index (κ3) is 4.13. The molecule has 1 fully saturated rings. The molecule has 5 rings (SSSR count). The van der Waals surface area contributed by atoms with Gasteiger partial charge in [-0.2, -0.15) is 0 Å². The Labute approximate surface area is 185 Å². The molecule has 1 saturated heterocycles. The molecule has 2 heterocycles. The molecular formula is C25H22FN3OS. The van der Waals surface area contributed by atoms with E-state index in [-0.39, 0.29) is 11.7 Å². The van der Waals surface area contributed by atoms with Crippen molar-refractivity contribution >= 4 is 29.1 Å². The van der Waals surface area contributed by atoms with E-state index < -0.39 is 0 Å². The standard InChI is InChI=1S/C25H22FN3OS/c26-20-10-4-2-8-18(20)24-19-9-3-5-11-22(19)31-23-13-12-17(16-21(23)27-24)25(30)28-29-14-6-1-7-15-29/h2-5,8-13,16H,1,6-7,14-15H2,(H,28,30). The molecule has 4 nitrogen and oxygen atoms in total. The predicted molar refractivity (Wildman–Crippen MR) is 122 cm³/mol. The summed E-state index contributed by atoms with van der Waals surface area (Å²) in [6.07, 6.45) is 3.39. The quantitative estimate of drug-likeness (QED) is 0.460. The predicted octanol–water partition coefficient (Wildman–Crippen LogP) is 5.59. The van der Waals surface area contributed by atoms with E-state index in [2.05, 4.69) is 5.43 Å². The van der Waals surface area contributed by atoms with Gasteiger partial charge in [0.05, 0.1) is 11.4 Å². The van der Waals surface area contributed by atoms with E-state index in [1.165, 1.54) is 12.5 Å². The average Bonchev–Trinajstić information content (AvgIpc) is 2.96. The first-order chi connectivity index (χ1) is 15.2. The zero-order chi connectivity index (χ0) is 21.2. The van der Waals surface area contributed by atoms with Crippen LogP contribution in [0, 0.1) is 5.82 Å². The Morgan fingerprint density at radius 3 is 2.45 bits per heavy atom. The van der Waals surface area contributed by atoms with Gasteiger partial charge in [0.1, 0.15) is 5.82 Å². The SMILES string of the molecule is O=C(NN1CCCCC1)c1ccc2c(c1)N=C(c1ccccc1F)c1ccccc1S2. The lowest BCUT2D eigenvalue weighted by Gasteiger charge is -2.26. The van der Waals surface area contributed by atoms with Crippen molar-refractivity contribution in [2.45, 2.75) is 29.1 Å². The third-order valence-electron chi connectivity index (χ3n) is 5.56. The highest BCUT2D eigenvalue weighted by molar-refractivity contribution is 7.99. The molecule has 6 heteroatoms. The monoisotopic (exact) mass is 431 g/mol. The molecule has 156 valence electrons. The number of amides is 1. The van der Waals surface area contributed by atoms with Gasteiger partial charge in [-0.05, 0) is 49.2 Å². The fraction of sp³-hybridized carbons (Fsp3) is 0.200. The number of hydrogen-bond acceptors (Lipinski definition) is 4. The lowest BCUT2D eigenvalue weighted by atomic mass is 10.0. The summed E-state index contributed by atoms with van der Waals surface area (Å²) < 4.78 is 14.7. The number of hydrogen-bond donors (Lipinski definition) is 1. The van der Waals surface area contributed by atoms with Gasteiger partial charge in [-0.25, -0.2) is 14.4 Å². The molecule has 31 heavy (non-hydrogen) atoms. The van der Waals surface area contributed by atoms with Crippen molar-refractivity contribution in [1.29, 1.82) is 0 Å². The van der Waals surface area contributed by atoms with Crippen LogP contribution in [0.2, 0.25) is 0 Å². The molecule has 0 aliphatic carbocycles. The van der Waals surface area contributed by atoms with E-state index in [0.717, 1.165) is 41.3 Å². The minimum atomic E-state index is -0.316. The third-order valence-corrected chi connectivity index (χ3v) is 6.70. The molecule has 0 unspecified atom stereocenters. The number of carbonyl (C=O) groups is 1. The number of aliphatic imine (C=N–C) groups is 1. The van der Waals surface area contributed by atoms with Crippen molar-refractivity contribution in [3.05, 3.63) is 89.2 Å². The molecule has 0 spiro atoms. The van der Waals surface area contributed by atoms with Gasteiger partial charge >= 0.3 is 0 Å². The van der Waals surface area contributed by atoms with E-state index in [1.807, 2.05) is 47.5 Å². The molecule has 0 aromatic heterocycles. The first kappa shape index (κ1) is 20.0. The van der Waals surface area contributed by atoms with Gasteiger partial charge in [0.25, 0.3) is 5.91 Å². The lowest BCUT2D eigenvalue weighted by molar-refractivity contribution is 0.0750. The van der Waals surface area contributed by atoms with Gasteiger partial charge in [0.2, 0.25) is 0 Å². The second-order valence-corrected chi connectivity index (χ2v) is 8.79. The van der Waals surface area contributed by atoms with Crippen LogP contribution in [0.4, 0.5) is 10.1 Å². The van der Waals surface area contributed by atoms with Crippen molar-refractivity contribution < 1.29 is 9.18 Å². The Morgan fingerprint density at radius 2 is 1.65 bits per heavy atom. The van der Waals surface area contributed by atoms with Crippen LogP contribution < -0.4 is 5.43 Å². The first-order valence-electron chi connectivity index (χ1n) is 10.5. The zero-order valence-corrected chi connectivity index (χ0v) is 17.8. The number of fused-ring (bicyclic) bond motifs is 2. The highest BCUT2D eigenvalue weighted by Crippen LogP contribution is 2.41. The van der Waals surface area contributed by atoms with Gasteiger partial charge < -0.3 is 0 Å². The van der Waals surface area contributed by atoms with Gasteiger partial charge in [0, 0.05) is 39.6 Å². The Kier molecular flexibility index (Phi) is 5.57. The van der Waals surface area contributed by atoms with Gasteiger partial charge in [-0.3, -0.25) is 10.2 Å². The summed E-state index contributed by atoms with van der Waals surface area (Å²) in [4.78, 5) is 19.7. The molecule has 0 atom stereocenters. The van der Waals surface area contributed by atoms with Crippen LogP contribution in [0.1, 0.15) is 40.7 Å². The number of nitrogens with zero attached hydrogens (tertiary/aromatic N) is 2. The minimum absolute atomic E-state index is 0.140. The normalized spacial score (nSPS) is 16.0. The number of rotatable bonds is 3. The summed E-state index contributed by atoms with van der Waals surface area (Å²) in [6.45, 7) is 1.74. The Hall–Kier alpha value is -2.96. The average molecular weight is 432 g/mol. The molecule has 3 aromatic rings. The van der Waals surface area contributed by atoms with E-state index in [4.69, 9.17) is 4.99 Å². The summed E-state index contributed by atoms with van der Waals surface area (Å²) in [7, 11) is 0. The molecule has 1 amide bonds. The van der Waals surface area contributed by atoms with Crippen LogP contribution in [0.25, 0.3) is 0 Å². The summed E-state index contributed by atoms with van der Waals surface area (Å²) >= 11 is 1.58. The number of benzene rings is 3. The van der Waals surface area contributed by atoms with Crippen molar-refractivity contribution in [3.63, 3.8) is 0 Å². The van der Waals surface area contributed by atoms with E-state index >= 15 is 0 Å². The van der Waals surface area contributed by atoms with Crippen LogP contribution >= 0.6 is 11.8 Å². The van der Waals surface area contributed by atoms with Crippen molar-refractivity contribution in [2.75, 3.05) is 13.1 Å². The first-order valence-corrected chi connectivity index (χ1v) is 11.3. The maximum absolute atomic E-state index is 14.7. The van der Waals surface area contributed by atoms with Crippen molar-refractivity contribution in [3.8, 4) is 0 Å². The van der Waals surface area contributed by atoms with Crippen LogP contribution in [0.5, 0.6) is 0 Å². The van der Waals surface area contributed by atoms with Crippen LogP contribution in [-0.2, 0) is 0 Å². The summed E-state index contributed by atoms with van der Waals surface area (Å²) in [5.74, 6) is -0.456. The Bertz CT molecular complexity index is 1170. The van der Waals surface area contributed by atoms with E-state index in [0.29, 0.717) is 22.5 Å². The molecule has 0 bridgehead atoms. The number of piperidine rings is 1. The maximum atomic E-state index is 14.7. The number of hydrazine groups is 1. The molecule has 3 aromatic carbocycles. The molecule has 2 aliphatic heterocycles. The Morgan fingerprint density at radius 1 is 0.903 bits per heavy atom. The largest absolute Gasteiger partial charge is 0.285 e. The molecular weight excluding hydrogens is 409 g/mol. The maximum Gasteiger partial charge on any atom is 0.265 e. The number of nitrogens with one attached hydrogen (secondary N) is 1. The molecule has 0 radical (unpaired) electrons. The minimum Gasteiger partial charge on any atom is -0.285 e. The fourth-order valence-electron chi connectivity index (χ4n) is 3.96. The smallest absolute Gasteiger partial charge is 0.265 e. The number of carbonyl (C=O) groups excluding carboxylic acids is 1. The van der Waals surface area contributed by atoms with Crippen molar-refractivity contribution in [1.82, 2.24) is 10.4 Å². The fourth-order valence-corrected chi connectivity index (χ4v) is 4.96. The topological polar surface area (TPSA) is 44.7 Å². The summed E-state index contributed by atoms with van der Waals surface area (Å²) in [5.41, 5.74) is 6.14. The van der Waals surface area contributed by atoms with Crippen LogP contribution in [0.15, 0.2) is 81.5 Å². The second-order valence-electron chi connectivity index (χ2n) is 7.71. The Balaban J connectivity index is 1.56.